The summed E-state index contributed by atoms with van der Waals surface area (Å²) >= 11 is 3.26. The Kier molecular flexibility index (Phi) is 4.85. The topological polar surface area (TPSA) is 95.1 Å². The molecule has 2 heterocycles. The molecule has 20 heavy (non-hydrogen) atoms. The van der Waals surface area contributed by atoms with Crippen LogP contribution < -0.4 is 10.9 Å². The molecule has 0 saturated carbocycles. The molecule has 108 valence electrons. The number of methoxy groups -OCH3 is 1. The Morgan fingerprint density at radius 3 is 3.00 bits per heavy atom. The Labute approximate surface area is 123 Å². The molecule has 8 nitrogen and oxygen atoms in total. The van der Waals surface area contributed by atoms with Gasteiger partial charge in [0.05, 0.1) is 31.6 Å². The first-order valence-corrected chi connectivity index (χ1v) is 6.68. The number of rotatable bonds is 6. The van der Waals surface area contributed by atoms with Gasteiger partial charge in [-0.15, -0.1) is 0 Å². The molecule has 0 aliphatic carbocycles. The van der Waals surface area contributed by atoms with Gasteiger partial charge in [-0.3, -0.25) is 4.79 Å². The molecule has 0 bridgehead atoms. The number of hydrogen-bond acceptors (Lipinski definition) is 7. The predicted molar refractivity (Wildman–Crippen MR) is 74.4 cm³/mol. The van der Waals surface area contributed by atoms with Gasteiger partial charge in [0.1, 0.15) is 4.47 Å². The molecule has 0 amide bonds. The second kappa shape index (κ2) is 6.62. The molecule has 2 rings (SSSR count). The van der Waals surface area contributed by atoms with Gasteiger partial charge in [-0.2, -0.15) is 10.1 Å². The molecule has 2 aromatic rings. The number of nitrogens with one attached hydrogen (secondary N) is 1. The highest BCUT2D eigenvalue weighted by atomic mass is 79.9. The lowest BCUT2D eigenvalue weighted by Gasteiger charge is -2.08. The number of aryl methyl sites for hydroxylation is 1. The normalized spacial score (nSPS) is 10.8. The Morgan fingerprint density at radius 1 is 1.55 bits per heavy atom. The van der Waals surface area contributed by atoms with E-state index in [4.69, 9.17) is 9.26 Å². The molecule has 2 aromatic heterocycles. The third kappa shape index (κ3) is 3.42. The summed E-state index contributed by atoms with van der Waals surface area (Å²) in [6, 6.07) is 0. The van der Waals surface area contributed by atoms with Crippen LogP contribution in [0.2, 0.25) is 0 Å². The van der Waals surface area contributed by atoms with Crippen LogP contribution in [-0.4, -0.2) is 33.6 Å². The quantitative estimate of drug-likeness (QED) is 0.834. The van der Waals surface area contributed by atoms with E-state index >= 15 is 0 Å². The van der Waals surface area contributed by atoms with Gasteiger partial charge >= 0.3 is 0 Å². The van der Waals surface area contributed by atoms with Crippen molar-refractivity contribution < 1.29 is 9.26 Å². The van der Waals surface area contributed by atoms with Gasteiger partial charge in [-0.05, 0) is 22.9 Å². The van der Waals surface area contributed by atoms with Crippen molar-refractivity contribution in [2.24, 2.45) is 0 Å². The molecule has 0 atom stereocenters. The maximum atomic E-state index is 12.0. The smallest absolute Gasteiger partial charge is 0.283 e. The second-order valence-electron chi connectivity index (χ2n) is 3.98. The van der Waals surface area contributed by atoms with E-state index in [9.17, 15) is 4.79 Å². The van der Waals surface area contributed by atoms with E-state index in [0.717, 1.165) is 0 Å². The summed E-state index contributed by atoms with van der Waals surface area (Å²) in [5.74, 6) is 1.01. The summed E-state index contributed by atoms with van der Waals surface area (Å²) in [6.07, 6.45) is 1.56. The van der Waals surface area contributed by atoms with Crippen LogP contribution >= 0.6 is 15.9 Å². The van der Waals surface area contributed by atoms with E-state index < -0.39 is 0 Å². The Morgan fingerprint density at radius 2 is 2.35 bits per heavy atom. The minimum Gasteiger partial charge on any atom is -0.383 e. The number of nitrogens with zero attached hydrogens (tertiary/aromatic N) is 4. The zero-order valence-corrected chi connectivity index (χ0v) is 12.7. The van der Waals surface area contributed by atoms with Crippen LogP contribution in [0.15, 0.2) is 20.0 Å². The SMILES string of the molecule is COCCn1ncc(NCc2nc(C)no2)c(Br)c1=O. The van der Waals surface area contributed by atoms with Crippen LogP contribution in [0.5, 0.6) is 0 Å². The largest absolute Gasteiger partial charge is 0.383 e. The third-order valence-electron chi connectivity index (χ3n) is 2.49. The molecule has 0 fully saturated rings. The highest BCUT2D eigenvalue weighted by molar-refractivity contribution is 9.10. The van der Waals surface area contributed by atoms with Gasteiger partial charge in [0.2, 0.25) is 5.89 Å². The summed E-state index contributed by atoms with van der Waals surface area (Å²) in [4.78, 5) is 16.1. The van der Waals surface area contributed by atoms with Crippen molar-refractivity contribution in [2.75, 3.05) is 19.0 Å². The molecular weight excluding hydrogens is 330 g/mol. The van der Waals surface area contributed by atoms with Crippen molar-refractivity contribution in [3.8, 4) is 0 Å². The van der Waals surface area contributed by atoms with Gasteiger partial charge in [-0.25, -0.2) is 4.68 Å². The van der Waals surface area contributed by atoms with Crippen LogP contribution in [0.3, 0.4) is 0 Å². The minimum atomic E-state index is -0.228. The van der Waals surface area contributed by atoms with E-state index in [1.165, 1.54) is 4.68 Å². The first-order valence-electron chi connectivity index (χ1n) is 5.89. The molecule has 0 radical (unpaired) electrons. The zero-order chi connectivity index (χ0) is 14.5. The summed E-state index contributed by atoms with van der Waals surface area (Å²) in [7, 11) is 1.57. The lowest BCUT2D eigenvalue weighted by atomic mass is 10.4. The first kappa shape index (κ1) is 14.7. The predicted octanol–water partition coefficient (Wildman–Crippen LogP) is 0.956. The maximum Gasteiger partial charge on any atom is 0.283 e. The Bertz CT molecular complexity index is 639. The van der Waals surface area contributed by atoms with Gasteiger partial charge in [0.15, 0.2) is 5.82 Å². The number of hydrogen-bond donors (Lipinski definition) is 1. The molecule has 0 spiro atoms. The van der Waals surface area contributed by atoms with Crippen molar-refractivity contribution in [3.05, 3.63) is 32.7 Å². The number of aromatic nitrogens is 4. The summed E-state index contributed by atoms with van der Waals surface area (Å²) in [5.41, 5.74) is 0.341. The van der Waals surface area contributed by atoms with E-state index in [1.807, 2.05) is 0 Å². The summed E-state index contributed by atoms with van der Waals surface area (Å²) in [5, 5.41) is 10.8. The van der Waals surface area contributed by atoms with Crippen molar-refractivity contribution in [1.29, 1.82) is 0 Å². The van der Waals surface area contributed by atoms with Crippen LogP contribution in [0.4, 0.5) is 5.69 Å². The Balaban J connectivity index is 2.09. The molecule has 0 saturated heterocycles. The van der Waals surface area contributed by atoms with Gasteiger partial charge in [-0.1, -0.05) is 5.16 Å². The van der Waals surface area contributed by atoms with Gasteiger partial charge < -0.3 is 14.6 Å². The standard InChI is InChI=1S/C11H14BrN5O3/c1-7-15-9(20-16-7)6-13-8-5-14-17(3-4-19-2)11(18)10(8)12/h5,13H,3-4,6H2,1-2H3. The van der Waals surface area contributed by atoms with E-state index in [0.29, 0.717) is 41.6 Å². The maximum absolute atomic E-state index is 12.0. The lowest BCUT2D eigenvalue weighted by molar-refractivity contribution is 0.181. The fourth-order valence-electron chi connectivity index (χ4n) is 1.51. The van der Waals surface area contributed by atoms with Gasteiger partial charge in [0, 0.05) is 7.11 Å². The molecule has 9 heteroatoms. The van der Waals surface area contributed by atoms with Crippen LogP contribution in [0.25, 0.3) is 0 Å². The molecule has 1 N–H and O–H groups in total. The fourth-order valence-corrected chi connectivity index (χ4v) is 1.96. The minimum absolute atomic E-state index is 0.228. The van der Waals surface area contributed by atoms with Crippen molar-refractivity contribution in [2.45, 2.75) is 20.0 Å². The molecule has 0 aliphatic rings. The lowest BCUT2D eigenvalue weighted by Crippen LogP contribution is -2.26. The first-order chi connectivity index (χ1) is 9.61. The zero-order valence-electron chi connectivity index (χ0n) is 11.1. The summed E-state index contributed by atoms with van der Waals surface area (Å²) < 4.78 is 11.6. The highest BCUT2D eigenvalue weighted by Crippen LogP contribution is 2.16. The van der Waals surface area contributed by atoms with E-state index in [1.54, 1.807) is 20.2 Å². The molecule has 0 aliphatic heterocycles. The number of ether oxygens (including phenoxy) is 1. The van der Waals surface area contributed by atoms with Crippen molar-refractivity contribution in [1.82, 2.24) is 19.9 Å². The van der Waals surface area contributed by atoms with Crippen molar-refractivity contribution >= 4 is 21.6 Å². The van der Waals surface area contributed by atoms with Crippen LogP contribution in [-0.2, 0) is 17.8 Å². The monoisotopic (exact) mass is 343 g/mol. The summed E-state index contributed by atoms with van der Waals surface area (Å²) in [6.45, 7) is 2.88. The Hall–Kier alpha value is -1.74. The number of halogens is 1. The van der Waals surface area contributed by atoms with Crippen LogP contribution in [0, 0.1) is 6.92 Å². The average Bonchev–Trinajstić information content (AvgIpc) is 2.85. The van der Waals surface area contributed by atoms with Gasteiger partial charge in [0.25, 0.3) is 5.56 Å². The molecule has 0 unspecified atom stereocenters. The second-order valence-corrected chi connectivity index (χ2v) is 4.78. The van der Waals surface area contributed by atoms with Crippen molar-refractivity contribution in [3.63, 3.8) is 0 Å². The fraction of sp³-hybridized carbons (Fsp3) is 0.455. The van der Waals surface area contributed by atoms with Crippen LogP contribution in [0.1, 0.15) is 11.7 Å². The average molecular weight is 344 g/mol. The number of anilines is 1. The molecular formula is C11H14BrN5O3. The molecule has 0 aromatic carbocycles. The van der Waals surface area contributed by atoms with E-state index in [-0.39, 0.29) is 5.56 Å². The highest BCUT2D eigenvalue weighted by Gasteiger charge is 2.10. The third-order valence-corrected chi connectivity index (χ3v) is 3.26. The van der Waals surface area contributed by atoms with E-state index in [2.05, 4.69) is 36.5 Å².